The summed E-state index contributed by atoms with van der Waals surface area (Å²) >= 11 is 3.41. The fourth-order valence-corrected chi connectivity index (χ4v) is 3.59. The number of carbonyl (C=O) groups is 2. The van der Waals surface area contributed by atoms with Gasteiger partial charge in [0, 0.05) is 15.9 Å². The Bertz CT molecular complexity index is 986. The number of allylic oxidation sites excluding steroid dienone is 1. The third-order valence-electron chi connectivity index (χ3n) is 4.88. The lowest BCUT2D eigenvalue weighted by Gasteiger charge is -2.18. The summed E-state index contributed by atoms with van der Waals surface area (Å²) in [6, 6.07) is 15.4. The molecule has 1 aliphatic heterocycles. The molecule has 0 fully saturated rings. The van der Waals surface area contributed by atoms with Gasteiger partial charge in [-0.25, -0.2) is 4.79 Å². The summed E-state index contributed by atoms with van der Waals surface area (Å²) in [6.45, 7) is 8.04. The van der Waals surface area contributed by atoms with Crippen LogP contribution in [0.2, 0.25) is 0 Å². The number of anilines is 1. The van der Waals surface area contributed by atoms with Gasteiger partial charge in [0.25, 0.3) is 5.91 Å². The lowest BCUT2D eigenvalue weighted by molar-refractivity contribution is -0.138. The quantitative estimate of drug-likeness (QED) is 0.421. The summed E-state index contributed by atoms with van der Waals surface area (Å²) < 4.78 is 6.16. The van der Waals surface area contributed by atoms with Crippen molar-refractivity contribution in [2.24, 2.45) is 0 Å². The van der Waals surface area contributed by atoms with Gasteiger partial charge >= 0.3 is 5.97 Å². The number of benzene rings is 2. The molecule has 0 aliphatic carbocycles. The maximum atomic E-state index is 13.3. The number of carbonyl (C=O) groups excluding carboxylic acids is 2. The first-order chi connectivity index (χ1) is 13.8. The number of esters is 1. The molecule has 0 spiro atoms. The third kappa shape index (κ3) is 4.35. The average Bonchev–Trinajstić information content (AvgIpc) is 2.93. The predicted molar refractivity (Wildman–Crippen MR) is 119 cm³/mol. The molecular formula is C24H24BrNO3. The number of hydrogen-bond donors (Lipinski definition) is 0. The van der Waals surface area contributed by atoms with Crippen molar-refractivity contribution >= 4 is 39.6 Å². The van der Waals surface area contributed by atoms with Crippen LogP contribution >= 0.6 is 15.9 Å². The van der Waals surface area contributed by atoms with Crippen LogP contribution in [0.5, 0.6) is 0 Å². The van der Waals surface area contributed by atoms with Gasteiger partial charge in [0.05, 0.1) is 17.8 Å². The molecule has 0 aromatic heterocycles. The number of rotatable bonds is 5. The molecule has 0 bridgehead atoms. The second-order valence-electron chi connectivity index (χ2n) is 7.18. The van der Waals surface area contributed by atoms with Crippen LogP contribution in [0.3, 0.4) is 0 Å². The summed E-state index contributed by atoms with van der Waals surface area (Å²) in [5.41, 5.74) is 4.02. The van der Waals surface area contributed by atoms with E-state index in [1.54, 1.807) is 24.8 Å². The Morgan fingerprint density at radius 3 is 2.28 bits per heavy atom. The standard InChI is InChI=1S/C24H24BrNO3/c1-5-29-24(28)22-16(4)26(20-12-10-19(25)11-13-20)23(27)21(22)14-17-6-8-18(9-7-17)15(2)3/h6-15H,5H2,1-4H3. The van der Waals surface area contributed by atoms with Gasteiger partial charge in [-0.2, -0.15) is 0 Å². The minimum Gasteiger partial charge on any atom is -0.462 e. The minimum atomic E-state index is -0.483. The van der Waals surface area contributed by atoms with Gasteiger partial charge in [-0.05, 0) is 61.2 Å². The maximum Gasteiger partial charge on any atom is 0.340 e. The summed E-state index contributed by atoms with van der Waals surface area (Å²) in [7, 11) is 0. The van der Waals surface area contributed by atoms with E-state index >= 15 is 0 Å². The van der Waals surface area contributed by atoms with E-state index in [4.69, 9.17) is 4.74 Å². The molecule has 29 heavy (non-hydrogen) atoms. The second kappa shape index (κ2) is 8.78. The second-order valence-corrected chi connectivity index (χ2v) is 8.09. The zero-order chi connectivity index (χ0) is 21.1. The van der Waals surface area contributed by atoms with Crippen molar-refractivity contribution in [1.29, 1.82) is 0 Å². The molecular weight excluding hydrogens is 430 g/mol. The predicted octanol–water partition coefficient (Wildman–Crippen LogP) is 5.84. The Morgan fingerprint density at radius 2 is 1.72 bits per heavy atom. The normalized spacial score (nSPS) is 15.6. The Labute approximate surface area is 180 Å². The highest BCUT2D eigenvalue weighted by atomic mass is 79.9. The van der Waals surface area contributed by atoms with E-state index in [1.165, 1.54) is 5.56 Å². The fraction of sp³-hybridized carbons (Fsp3) is 0.250. The molecule has 0 radical (unpaired) electrons. The van der Waals surface area contributed by atoms with Crippen molar-refractivity contribution in [2.75, 3.05) is 11.5 Å². The highest BCUT2D eigenvalue weighted by molar-refractivity contribution is 9.10. The van der Waals surface area contributed by atoms with Gasteiger partial charge < -0.3 is 4.74 Å². The maximum absolute atomic E-state index is 13.3. The van der Waals surface area contributed by atoms with Crippen molar-refractivity contribution in [3.8, 4) is 0 Å². The monoisotopic (exact) mass is 453 g/mol. The molecule has 5 heteroatoms. The number of halogens is 1. The van der Waals surface area contributed by atoms with E-state index in [0.29, 0.717) is 28.4 Å². The minimum absolute atomic E-state index is 0.235. The Hall–Kier alpha value is -2.66. The van der Waals surface area contributed by atoms with Gasteiger partial charge in [-0.3, -0.25) is 9.69 Å². The van der Waals surface area contributed by atoms with Crippen LogP contribution in [0.15, 0.2) is 69.8 Å². The zero-order valence-corrected chi connectivity index (χ0v) is 18.6. The summed E-state index contributed by atoms with van der Waals surface area (Å²) in [6.07, 6.45) is 1.76. The van der Waals surface area contributed by atoms with Crippen molar-refractivity contribution in [3.05, 3.63) is 81.0 Å². The third-order valence-corrected chi connectivity index (χ3v) is 5.41. The first-order valence-electron chi connectivity index (χ1n) is 9.63. The molecule has 4 nitrogen and oxygen atoms in total. The van der Waals surface area contributed by atoms with Crippen LogP contribution in [0.1, 0.15) is 44.7 Å². The molecule has 0 atom stereocenters. The first-order valence-corrected chi connectivity index (χ1v) is 10.4. The van der Waals surface area contributed by atoms with E-state index in [1.807, 2.05) is 48.5 Å². The molecule has 1 aliphatic rings. The van der Waals surface area contributed by atoms with Gasteiger partial charge in [0.1, 0.15) is 0 Å². The van der Waals surface area contributed by atoms with Crippen LogP contribution in [0.25, 0.3) is 6.08 Å². The van der Waals surface area contributed by atoms with Gasteiger partial charge in [-0.1, -0.05) is 54.0 Å². The molecule has 0 unspecified atom stereocenters. The van der Waals surface area contributed by atoms with Crippen LogP contribution in [0, 0.1) is 0 Å². The summed E-state index contributed by atoms with van der Waals surface area (Å²) in [5, 5.41) is 0. The molecule has 150 valence electrons. The molecule has 1 amide bonds. The molecule has 0 N–H and O–H groups in total. The van der Waals surface area contributed by atoms with Crippen molar-refractivity contribution in [3.63, 3.8) is 0 Å². The lowest BCUT2D eigenvalue weighted by atomic mass is 9.99. The van der Waals surface area contributed by atoms with Gasteiger partial charge in [-0.15, -0.1) is 0 Å². The van der Waals surface area contributed by atoms with E-state index in [-0.39, 0.29) is 12.5 Å². The van der Waals surface area contributed by atoms with Crippen LogP contribution in [0.4, 0.5) is 5.69 Å². The molecule has 2 aromatic rings. The van der Waals surface area contributed by atoms with Gasteiger partial charge in [0.2, 0.25) is 0 Å². The van der Waals surface area contributed by atoms with E-state index in [0.717, 1.165) is 10.0 Å². The molecule has 2 aromatic carbocycles. The van der Waals surface area contributed by atoms with Crippen molar-refractivity contribution in [2.45, 2.75) is 33.6 Å². The SMILES string of the molecule is CCOC(=O)C1=C(C)N(c2ccc(Br)cc2)C(=O)C1=Cc1ccc(C(C)C)cc1. The first kappa shape index (κ1) is 21.1. The molecule has 0 saturated carbocycles. The van der Waals surface area contributed by atoms with Crippen LogP contribution < -0.4 is 4.90 Å². The fourth-order valence-electron chi connectivity index (χ4n) is 3.33. The Balaban J connectivity index is 2.07. The van der Waals surface area contributed by atoms with Crippen molar-refractivity contribution < 1.29 is 14.3 Å². The van der Waals surface area contributed by atoms with Crippen molar-refractivity contribution in [1.82, 2.24) is 0 Å². The number of hydrogen-bond acceptors (Lipinski definition) is 3. The average molecular weight is 454 g/mol. The highest BCUT2D eigenvalue weighted by Gasteiger charge is 2.38. The van der Waals surface area contributed by atoms with E-state index < -0.39 is 5.97 Å². The Morgan fingerprint density at radius 1 is 1.10 bits per heavy atom. The van der Waals surface area contributed by atoms with Crippen LogP contribution in [-0.4, -0.2) is 18.5 Å². The zero-order valence-electron chi connectivity index (χ0n) is 17.0. The van der Waals surface area contributed by atoms with E-state index in [9.17, 15) is 9.59 Å². The molecule has 3 rings (SSSR count). The topological polar surface area (TPSA) is 46.6 Å². The Kier molecular flexibility index (Phi) is 6.38. The molecule has 0 saturated heterocycles. The number of nitrogens with zero attached hydrogens (tertiary/aromatic N) is 1. The lowest BCUT2D eigenvalue weighted by Crippen LogP contribution is -2.24. The summed E-state index contributed by atoms with van der Waals surface area (Å²) in [5.74, 6) is -0.293. The number of amides is 1. The number of ether oxygens (including phenoxy) is 1. The molecule has 1 heterocycles. The van der Waals surface area contributed by atoms with Crippen LogP contribution in [-0.2, 0) is 14.3 Å². The largest absolute Gasteiger partial charge is 0.462 e. The summed E-state index contributed by atoms with van der Waals surface area (Å²) in [4.78, 5) is 27.5. The highest BCUT2D eigenvalue weighted by Crippen LogP contribution is 2.36. The smallest absolute Gasteiger partial charge is 0.340 e. The van der Waals surface area contributed by atoms with Gasteiger partial charge in [0.15, 0.2) is 0 Å². The van der Waals surface area contributed by atoms with E-state index in [2.05, 4.69) is 29.8 Å².